The van der Waals surface area contributed by atoms with E-state index in [1.807, 2.05) is 18.2 Å². The average molecular weight is 272 g/mol. The first-order valence-electron chi connectivity index (χ1n) is 6.41. The van der Waals surface area contributed by atoms with Crippen molar-refractivity contribution in [1.29, 1.82) is 0 Å². The fourth-order valence-corrected chi connectivity index (χ4v) is 2.98. The van der Waals surface area contributed by atoms with Crippen LogP contribution >= 0.6 is 11.3 Å². The fourth-order valence-electron chi connectivity index (χ4n) is 2.06. The van der Waals surface area contributed by atoms with E-state index in [4.69, 9.17) is 4.42 Å². The highest BCUT2D eigenvalue weighted by atomic mass is 32.1. The Morgan fingerprint density at radius 1 is 1.26 bits per heavy atom. The van der Waals surface area contributed by atoms with Crippen LogP contribution in [0.15, 0.2) is 47.1 Å². The number of thiazole rings is 1. The minimum Gasteiger partial charge on any atom is -0.469 e. The van der Waals surface area contributed by atoms with Gasteiger partial charge in [0.25, 0.3) is 0 Å². The third kappa shape index (κ3) is 3.03. The number of hydrogen-bond donors (Lipinski definition) is 1. The highest BCUT2D eigenvalue weighted by Gasteiger charge is 2.07. The van der Waals surface area contributed by atoms with Gasteiger partial charge in [-0.3, -0.25) is 0 Å². The van der Waals surface area contributed by atoms with Crippen molar-refractivity contribution in [3.05, 3.63) is 53.4 Å². The Hall–Kier alpha value is -1.65. The molecule has 1 N–H and O–H groups in total. The van der Waals surface area contributed by atoms with E-state index < -0.39 is 0 Å². The van der Waals surface area contributed by atoms with Crippen molar-refractivity contribution >= 4 is 21.6 Å². The molecule has 3 aromatic rings. The van der Waals surface area contributed by atoms with Crippen LogP contribution in [0.1, 0.15) is 17.7 Å². The minimum absolute atomic E-state index is 0.373. The molecule has 0 aliphatic carbocycles. The van der Waals surface area contributed by atoms with Crippen LogP contribution in [0, 0.1) is 0 Å². The number of para-hydroxylation sites is 1. The first-order chi connectivity index (χ1) is 9.31. The Labute approximate surface area is 116 Å². The number of nitrogens with one attached hydrogen (secondary N) is 1. The van der Waals surface area contributed by atoms with Gasteiger partial charge in [0.1, 0.15) is 10.8 Å². The van der Waals surface area contributed by atoms with Crippen LogP contribution in [0.5, 0.6) is 0 Å². The fraction of sp³-hybridized carbons (Fsp3) is 0.267. The Kier molecular flexibility index (Phi) is 3.62. The molecule has 98 valence electrons. The third-order valence-corrected chi connectivity index (χ3v) is 4.06. The number of furan rings is 1. The number of rotatable bonds is 5. The first-order valence-corrected chi connectivity index (χ1v) is 7.23. The van der Waals surface area contributed by atoms with E-state index in [9.17, 15) is 0 Å². The quantitative estimate of drug-likeness (QED) is 0.771. The van der Waals surface area contributed by atoms with Gasteiger partial charge in [0.2, 0.25) is 0 Å². The number of fused-ring (bicyclic) bond motifs is 1. The standard InChI is InChI=1S/C15H16N2OS/c1-11(9-12-5-4-8-18-12)16-10-15-17-13-6-2-3-7-14(13)19-15/h2-8,11,16H,9-10H2,1H3. The van der Waals surface area contributed by atoms with Crippen molar-refractivity contribution in [3.8, 4) is 0 Å². The van der Waals surface area contributed by atoms with Gasteiger partial charge in [0.15, 0.2) is 0 Å². The van der Waals surface area contributed by atoms with Gasteiger partial charge in [0.05, 0.1) is 16.5 Å². The van der Waals surface area contributed by atoms with Gasteiger partial charge in [-0.15, -0.1) is 11.3 Å². The van der Waals surface area contributed by atoms with Crippen LogP contribution in [0.4, 0.5) is 0 Å². The summed E-state index contributed by atoms with van der Waals surface area (Å²) in [4.78, 5) is 4.61. The first kappa shape index (κ1) is 12.4. The van der Waals surface area contributed by atoms with Gasteiger partial charge in [-0.25, -0.2) is 4.98 Å². The summed E-state index contributed by atoms with van der Waals surface area (Å²) < 4.78 is 6.60. The normalized spacial score (nSPS) is 12.9. The largest absolute Gasteiger partial charge is 0.469 e. The maximum absolute atomic E-state index is 5.35. The second-order valence-corrected chi connectivity index (χ2v) is 5.76. The zero-order valence-corrected chi connectivity index (χ0v) is 11.6. The molecule has 0 spiro atoms. The topological polar surface area (TPSA) is 38.1 Å². The van der Waals surface area contributed by atoms with Gasteiger partial charge in [0, 0.05) is 19.0 Å². The molecule has 0 saturated carbocycles. The smallest absolute Gasteiger partial charge is 0.108 e. The van der Waals surface area contributed by atoms with Crippen LogP contribution in [0.2, 0.25) is 0 Å². The number of nitrogens with zero attached hydrogens (tertiary/aromatic N) is 1. The lowest BCUT2D eigenvalue weighted by atomic mass is 10.2. The van der Waals surface area contributed by atoms with Crippen molar-refractivity contribution in [3.63, 3.8) is 0 Å². The molecular formula is C15H16N2OS. The monoisotopic (exact) mass is 272 g/mol. The SMILES string of the molecule is CC(Cc1ccco1)NCc1nc2ccccc2s1. The zero-order valence-electron chi connectivity index (χ0n) is 10.8. The predicted molar refractivity (Wildman–Crippen MR) is 78.3 cm³/mol. The van der Waals surface area contributed by atoms with E-state index in [1.54, 1.807) is 17.6 Å². The molecule has 19 heavy (non-hydrogen) atoms. The van der Waals surface area contributed by atoms with E-state index in [-0.39, 0.29) is 0 Å². The van der Waals surface area contributed by atoms with Crippen molar-refractivity contribution in [1.82, 2.24) is 10.3 Å². The van der Waals surface area contributed by atoms with Gasteiger partial charge in [-0.1, -0.05) is 12.1 Å². The number of aromatic nitrogens is 1. The molecule has 0 saturated heterocycles. The van der Waals surface area contributed by atoms with E-state index in [0.717, 1.165) is 29.3 Å². The molecule has 1 atom stereocenters. The van der Waals surface area contributed by atoms with E-state index >= 15 is 0 Å². The van der Waals surface area contributed by atoms with Gasteiger partial charge < -0.3 is 9.73 Å². The molecule has 2 heterocycles. The molecular weight excluding hydrogens is 256 g/mol. The highest BCUT2D eigenvalue weighted by Crippen LogP contribution is 2.21. The third-order valence-electron chi connectivity index (χ3n) is 3.03. The lowest BCUT2D eigenvalue weighted by Gasteiger charge is -2.10. The van der Waals surface area contributed by atoms with E-state index in [1.165, 1.54) is 4.70 Å². The predicted octanol–water partition coefficient (Wildman–Crippen LogP) is 3.61. The van der Waals surface area contributed by atoms with Gasteiger partial charge >= 0.3 is 0 Å². The van der Waals surface area contributed by atoms with Gasteiger partial charge in [-0.05, 0) is 31.2 Å². The molecule has 0 aliphatic rings. The van der Waals surface area contributed by atoms with Crippen LogP contribution in [-0.2, 0) is 13.0 Å². The summed E-state index contributed by atoms with van der Waals surface area (Å²) in [7, 11) is 0. The minimum atomic E-state index is 0.373. The van der Waals surface area contributed by atoms with Crippen LogP contribution in [0.3, 0.4) is 0 Å². The summed E-state index contributed by atoms with van der Waals surface area (Å²) in [5.74, 6) is 1.02. The molecule has 3 rings (SSSR count). The maximum Gasteiger partial charge on any atom is 0.108 e. The summed E-state index contributed by atoms with van der Waals surface area (Å²) in [5, 5.41) is 4.62. The highest BCUT2D eigenvalue weighted by molar-refractivity contribution is 7.18. The molecule has 0 aliphatic heterocycles. The summed E-state index contributed by atoms with van der Waals surface area (Å²) >= 11 is 1.75. The molecule has 0 bridgehead atoms. The lowest BCUT2D eigenvalue weighted by Crippen LogP contribution is -2.27. The maximum atomic E-state index is 5.35. The molecule has 0 fully saturated rings. The summed E-state index contributed by atoms with van der Waals surface area (Å²) in [6.45, 7) is 2.97. The van der Waals surface area contributed by atoms with Crippen molar-refractivity contribution < 1.29 is 4.42 Å². The average Bonchev–Trinajstić information content (AvgIpc) is 3.04. The van der Waals surface area contributed by atoms with E-state index in [0.29, 0.717) is 6.04 Å². The Morgan fingerprint density at radius 3 is 2.95 bits per heavy atom. The summed E-state index contributed by atoms with van der Waals surface area (Å²) in [6.07, 6.45) is 2.62. The molecule has 0 amide bonds. The second kappa shape index (κ2) is 5.55. The van der Waals surface area contributed by atoms with Crippen LogP contribution in [0.25, 0.3) is 10.2 Å². The van der Waals surface area contributed by atoms with Crippen LogP contribution in [-0.4, -0.2) is 11.0 Å². The van der Waals surface area contributed by atoms with Crippen molar-refractivity contribution in [2.45, 2.75) is 25.9 Å². The summed E-state index contributed by atoms with van der Waals surface area (Å²) in [5.41, 5.74) is 1.09. The van der Waals surface area contributed by atoms with E-state index in [2.05, 4.69) is 35.4 Å². The number of benzene rings is 1. The molecule has 0 radical (unpaired) electrons. The Bertz CT molecular complexity index is 612. The second-order valence-electron chi connectivity index (χ2n) is 4.64. The lowest BCUT2D eigenvalue weighted by molar-refractivity contribution is 0.456. The molecule has 2 aromatic heterocycles. The zero-order chi connectivity index (χ0) is 13.1. The van der Waals surface area contributed by atoms with Crippen molar-refractivity contribution in [2.75, 3.05) is 0 Å². The number of hydrogen-bond acceptors (Lipinski definition) is 4. The molecule has 3 nitrogen and oxygen atoms in total. The van der Waals surface area contributed by atoms with Crippen LogP contribution < -0.4 is 5.32 Å². The van der Waals surface area contributed by atoms with Crippen molar-refractivity contribution in [2.24, 2.45) is 0 Å². The van der Waals surface area contributed by atoms with Gasteiger partial charge in [-0.2, -0.15) is 0 Å². The molecule has 1 unspecified atom stereocenters. The molecule has 4 heteroatoms. The molecule has 1 aromatic carbocycles. The summed E-state index contributed by atoms with van der Waals surface area (Å²) in [6, 6.07) is 12.6. The Morgan fingerprint density at radius 2 is 2.16 bits per heavy atom. The Balaban J connectivity index is 1.59.